The Morgan fingerprint density at radius 1 is 1.46 bits per heavy atom. The second-order valence-corrected chi connectivity index (χ2v) is 3.71. The highest BCUT2D eigenvalue weighted by molar-refractivity contribution is 4.92. The minimum Gasteiger partial charge on any atom is -0.350 e. The Hall–Kier alpha value is -0.380. The van der Waals surface area contributed by atoms with Crippen molar-refractivity contribution in [1.29, 1.82) is 0 Å². The van der Waals surface area contributed by atoms with Crippen molar-refractivity contribution < 1.29 is 14.5 Å². The predicted molar refractivity (Wildman–Crippen MR) is 52.2 cm³/mol. The summed E-state index contributed by atoms with van der Waals surface area (Å²) >= 11 is 0. The van der Waals surface area contributed by atoms with E-state index in [0.29, 0.717) is 0 Å². The first kappa shape index (κ1) is 12.6. The molecular weight excluding hydrogens is 168 g/mol. The van der Waals surface area contributed by atoms with E-state index in [4.69, 9.17) is 14.5 Å². The largest absolute Gasteiger partial charge is 0.350 e. The van der Waals surface area contributed by atoms with Crippen molar-refractivity contribution in [1.82, 2.24) is 0 Å². The fourth-order valence-corrected chi connectivity index (χ4v) is 0.555. The second-order valence-electron chi connectivity index (χ2n) is 3.71. The van der Waals surface area contributed by atoms with E-state index in [-0.39, 0.29) is 5.60 Å². The van der Waals surface area contributed by atoms with Crippen molar-refractivity contribution in [3.63, 3.8) is 0 Å². The van der Waals surface area contributed by atoms with Crippen LogP contribution in [0.15, 0.2) is 12.2 Å². The van der Waals surface area contributed by atoms with Gasteiger partial charge in [0.05, 0.1) is 5.60 Å². The molecular formula is C10H20O3. The maximum atomic E-state index is 5.21. The van der Waals surface area contributed by atoms with Gasteiger partial charge in [-0.05, 0) is 32.8 Å². The summed E-state index contributed by atoms with van der Waals surface area (Å²) in [5.41, 5.74) is 0.501. The van der Waals surface area contributed by atoms with Crippen LogP contribution in [0.1, 0.15) is 34.1 Å². The molecule has 0 spiro atoms. The molecule has 0 radical (unpaired) electrons. The van der Waals surface area contributed by atoms with Crippen LogP contribution < -0.4 is 0 Å². The number of rotatable bonds is 6. The van der Waals surface area contributed by atoms with E-state index in [9.17, 15) is 0 Å². The lowest BCUT2D eigenvalue weighted by molar-refractivity contribution is -0.407. The molecule has 0 saturated carbocycles. The lowest BCUT2D eigenvalue weighted by Gasteiger charge is -2.24. The van der Waals surface area contributed by atoms with Crippen molar-refractivity contribution in [2.75, 3.05) is 7.11 Å². The highest BCUT2D eigenvalue weighted by atomic mass is 17.2. The third-order valence-electron chi connectivity index (χ3n) is 1.83. The number of hydrogen-bond acceptors (Lipinski definition) is 3. The highest BCUT2D eigenvalue weighted by Gasteiger charge is 2.20. The Labute approximate surface area is 80.6 Å². The van der Waals surface area contributed by atoms with Crippen molar-refractivity contribution in [3.8, 4) is 0 Å². The molecule has 0 bridgehead atoms. The molecule has 0 N–H and O–H groups in total. The third kappa shape index (κ3) is 5.03. The second kappa shape index (κ2) is 5.37. The minimum absolute atomic E-state index is 0.285. The van der Waals surface area contributed by atoms with Gasteiger partial charge in [-0.2, -0.15) is 4.89 Å². The Morgan fingerprint density at radius 3 is 2.31 bits per heavy atom. The average molecular weight is 188 g/mol. The van der Waals surface area contributed by atoms with Gasteiger partial charge in [0, 0.05) is 7.11 Å². The van der Waals surface area contributed by atoms with Gasteiger partial charge in [-0.25, -0.2) is 4.89 Å². The van der Waals surface area contributed by atoms with Crippen molar-refractivity contribution in [2.45, 2.75) is 46.0 Å². The molecule has 0 aromatic carbocycles. The summed E-state index contributed by atoms with van der Waals surface area (Å²) in [5.74, 6) is 0. The molecule has 0 aliphatic heterocycles. The first-order chi connectivity index (χ1) is 5.93. The summed E-state index contributed by atoms with van der Waals surface area (Å²) in [6.45, 7) is 11.5. The smallest absolute Gasteiger partial charge is 0.212 e. The molecule has 0 aliphatic rings. The molecule has 0 fully saturated rings. The van der Waals surface area contributed by atoms with Gasteiger partial charge in [-0.1, -0.05) is 13.5 Å². The van der Waals surface area contributed by atoms with Gasteiger partial charge in [0.2, 0.25) is 6.29 Å². The van der Waals surface area contributed by atoms with E-state index in [1.165, 1.54) is 0 Å². The molecule has 1 unspecified atom stereocenters. The Balaban J connectivity index is 3.92. The zero-order chi connectivity index (χ0) is 10.5. The summed E-state index contributed by atoms with van der Waals surface area (Å²) in [5, 5.41) is 0. The zero-order valence-electron chi connectivity index (χ0n) is 9.22. The van der Waals surface area contributed by atoms with Crippen LogP contribution in [0.5, 0.6) is 0 Å². The topological polar surface area (TPSA) is 27.7 Å². The van der Waals surface area contributed by atoms with Gasteiger partial charge in [0.1, 0.15) is 0 Å². The van der Waals surface area contributed by atoms with E-state index in [1.54, 1.807) is 7.11 Å². The van der Waals surface area contributed by atoms with Gasteiger partial charge in [-0.3, -0.25) is 0 Å². The molecule has 3 nitrogen and oxygen atoms in total. The van der Waals surface area contributed by atoms with Gasteiger partial charge in [0.25, 0.3) is 0 Å². The third-order valence-corrected chi connectivity index (χ3v) is 1.83. The molecule has 1 atom stereocenters. The fraction of sp³-hybridized carbons (Fsp3) is 0.800. The molecule has 0 aromatic heterocycles. The maximum Gasteiger partial charge on any atom is 0.212 e. The lowest BCUT2D eigenvalue weighted by atomic mass is 10.1. The van der Waals surface area contributed by atoms with Gasteiger partial charge in [-0.15, -0.1) is 0 Å². The van der Waals surface area contributed by atoms with Gasteiger partial charge >= 0.3 is 0 Å². The standard InChI is InChI=1S/C10H20O3/c1-7-10(4,5)13-12-9(11-6)8(2)3/h9H,2,7H2,1,3-6H3. The molecule has 78 valence electrons. The van der Waals surface area contributed by atoms with Gasteiger partial charge in [0.15, 0.2) is 0 Å². The van der Waals surface area contributed by atoms with E-state index in [0.717, 1.165) is 12.0 Å². The van der Waals surface area contributed by atoms with Crippen LogP contribution in [0.3, 0.4) is 0 Å². The minimum atomic E-state index is -0.481. The summed E-state index contributed by atoms with van der Waals surface area (Å²) in [6.07, 6.45) is 0.394. The molecule has 0 amide bonds. The Kier molecular flexibility index (Phi) is 5.21. The molecule has 0 rings (SSSR count). The Bertz CT molecular complexity index is 164. The zero-order valence-corrected chi connectivity index (χ0v) is 9.22. The van der Waals surface area contributed by atoms with Gasteiger partial charge < -0.3 is 4.74 Å². The van der Waals surface area contributed by atoms with Crippen LogP contribution in [0.4, 0.5) is 0 Å². The Morgan fingerprint density at radius 2 is 2.00 bits per heavy atom. The van der Waals surface area contributed by atoms with Crippen LogP contribution >= 0.6 is 0 Å². The van der Waals surface area contributed by atoms with Crippen LogP contribution in [0.2, 0.25) is 0 Å². The molecule has 0 aliphatic carbocycles. The van der Waals surface area contributed by atoms with E-state index in [2.05, 4.69) is 6.58 Å². The molecule has 0 aromatic rings. The van der Waals surface area contributed by atoms with Crippen LogP contribution in [-0.4, -0.2) is 19.0 Å². The van der Waals surface area contributed by atoms with Crippen molar-refractivity contribution in [3.05, 3.63) is 12.2 Å². The number of ether oxygens (including phenoxy) is 1. The summed E-state index contributed by atoms with van der Waals surface area (Å²) in [7, 11) is 1.56. The van der Waals surface area contributed by atoms with Crippen LogP contribution in [0.25, 0.3) is 0 Å². The average Bonchev–Trinajstić information content (AvgIpc) is 2.05. The number of methoxy groups -OCH3 is 1. The quantitative estimate of drug-likeness (QED) is 0.277. The SMILES string of the molecule is C=C(C)C(OC)OOC(C)(C)CC. The fourth-order valence-electron chi connectivity index (χ4n) is 0.555. The molecule has 0 saturated heterocycles. The van der Waals surface area contributed by atoms with Crippen LogP contribution in [0, 0.1) is 0 Å². The van der Waals surface area contributed by atoms with E-state index in [1.807, 2.05) is 27.7 Å². The monoisotopic (exact) mass is 188 g/mol. The normalized spacial score (nSPS) is 14.2. The van der Waals surface area contributed by atoms with Crippen molar-refractivity contribution >= 4 is 0 Å². The van der Waals surface area contributed by atoms with E-state index < -0.39 is 6.29 Å². The summed E-state index contributed by atoms with van der Waals surface area (Å²) < 4.78 is 5.00. The van der Waals surface area contributed by atoms with Crippen molar-refractivity contribution in [2.24, 2.45) is 0 Å². The number of hydrogen-bond donors (Lipinski definition) is 0. The molecule has 13 heavy (non-hydrogen) atoms. The summed E-state index contributed by atoms with van der Waals surface area (Å²) in [4.78, 5) is 10.3. The lowest BCUT2D eigenvalue weighted by Crippen LogP contribution is -2.28. The molecule has 3 heteroatoms. The highest BCUT2D eigenvalue weighted by Crippen LogP contribution is 2.16. The first-order valence-electron chi connectivity index (χ1n) is 4.45. The van der Waals surface area contributed by atoms with Crippen LogP contribution in [-0.2, 0) is 14.5 Å². The van der Waals surface area contributed by atoms with E-state index >= 15 is 0 Å². The predicted octanol–water partition coefficient (Wildman–Crippen LogP) is 2.67. The summed E-state index contributed by atoms with van der Waals surface area (Å²) in [6, 6.07) is 0. The first-order valence-corrected chi connectivity index (χ1v) is 4.45. The maximum absolute atomic E-state index is 5.21. The molecule has 0 heterocycles.